The van der Waals surface area contributed by atoms with Crippen molar-refractivity contribution in [2.45, 2.75) is 19.0 Å². The maximum absolute atomic E-state index is 12.4. The molecule has 0 unspecified atom stereocenters. The molecule has 2 heterocycles. The summed E-state index contributed by atoms with van der Waals surface area (Å²) in [7, 11) is 0. The van der Waals surface area contributed by atoms with Crippen molar-refractivity contribution in [3.63, 3.8) is 0 Å². The van der Waals surface area contributed by atoms with Crippen LogP contribution in [0.15, 0.2) is 58.6 Å². The topological polar surface area (TPSA) is 92.7 Å². The molecular weight excluding hydrogens is 422 g/mol. The molecule has 7 nitrogen and oxygen atoms in total. The van der Waals surface area contributed by atoms with Crippen LogP contribution in [0.5, 0.6) is 0 Å². The van der Waals surface area contributed by atoms with Crippen LogP contribution in [0.4, 0.5) is 5.69 Å². The summed E-state index contributed by atoms with van der Waals surface area (Å²) in [4.78, 5) is 32.0. The Balaban J connectivity index is 1.54. The molecule has 9 heteroatoms. The largest absolute Gasteiger partial charge is 0.325 e. The number of rotatable bonds is 5. The lowest BCUT2D eigenvalue weighted by atomic mass is 10.2. The van der Waals surface area contributed by atoms with Crippen LogP contribution in [-0.2, 0) is 4.79 Å². The van der Waals surface area contributed by atoms with Crippen LogP contribution >= 0.6 is 23.4 Å². The predicted octanol–water partition coefficient (Wildman–Crippen LogP) is 4.11. The van der Waals surface area contributed by atoms with Crippen LogP contribution in [0.1, 0.15) is 11.1 Å². The number of anilines is 1. The van der Waals surface area contributed by atoms with Crippen LogP contribution < -0.4 is 10.9 Å². The zero-order valence-corrected chi connectivity index (χ0v) is 17.8. The van der Waals surface area contributed by atoms with E-state index in [-0.39, 0.29) is 17.2 Å². The van der Waals surface area contributed by atoms with E-state index in [4.69, 9.17) is 11.6 Å². The summed E-state index contributed by atoms with van der Waals surface area (Å²) in [5.41, 5.74) is 3.58. The molecule has 30 heavy (non-hydrogen) atoms. The van der Waals surface area contributed by atoms with Crippen molar-refractivity contribution in [1.82, 2.24) is 19.7 Å². The first-order valence-corrected chi connectivity index (χ1v) is 10.5. The molecule has 0 saturated carbocycles. The Morgan fingerprint density at radius 2 is 2.07 bits per heavy atom. The first-order valence-electron chi connectivity index (χ1n) is 9.14. The number of hydrogen-bond acceptors (Lipinski definition) is 5. The second-order valence-corrected chi connectivity index (χ2v) is 8.18. The highest BCUT2D eigenvalue weighted by Gasteiger charge is 2.13. The van der Waals surface area contributed by atoms with E-state index < -0.39 is 0 Å². The van der Waals surface area contributed by atoms with Gasteiger partial charge in [-0.1, -0.05) is 41.6 Å². The number of carbonyl (C=O) groups excluding carboxylic acids is 1. The third-order valence-corrected chi connectivity index (χ3v) is 5.74. The molecule has 0 saturated heterocycles. The minimum atomic E-state index is -0.299. The normalized spacial score (nSPS) is 11.0. The number of thioether (sulfide) groups is 1. The van der Waals surface area contributed by atoms with Gasteiger partial charge in [-0.3, -0.25) is 9.59 Å². The molecule has 2 aromatic carbocycles. The fourth-order valence-corrected chi connectivity index (χ4v) is 3.75. The first-order chi connectivity index (χ1) is 14.4. The quantitative estimate of drug-likeness (QED) is 0.360. The zero-order chi connectivity index (χ0) is 21.3. The average molecular weight is 440 g/mol. The van der Waals surface area contributed by atoms with Gasteiger partial charge in [-0.2, -0.15) is 5.10 Å². The molecule has 2 N–H and O–H groups in total. The lowest BCUT2D eigenvalue weighted by molar-refractivity contribution is -0.113. The molecule has 1 amide bonds. The Morgan fingerprint density at radius 1 is 1.23 bits per heavy atom. The van der Waals surface area contributed by atoms with E-state index in [0.29, 0.717) is 26.9 Å². The molecule has 0 bridgehead atoms. The highest BCUT2D eigenvalue weighted by molar-refractivity contribution is 7.99. The molecule has 0 fully saturated rings. The molecular formula is C21H18ClN5O2S. The fraction of sp³-hybridized carbons (Fsp3) is 0.143. The van der Waals surface area contributed by atoms with E-state index in [1.807, 2.05) is 44.2 Å². The third kappa shape index (κ3) is 4.24. The van der Waals surface area contributed by atoms with Crippen LogP contribution in [0.3, 0.4) is 0 Å². The second kappa shape index (κ2) is 8.33. The molecule has 152 valence electrons. The van der Waals surface area contributed by atoms with Crippen molar-refractivity contribution in [2.24, 2.45) is 0 Å². The van der Waals surface area contributed by atoms with Gasteiger partial charge in [-0.05, 0) is 49.2 Å². The van der Waals surface area contributed by atoms with Crippen molar-refractivity contribution >= 4 is 46.0 Å². The van der Waals surface area contributed by atoms with Gasteiger partial charge in [-0.15, -0.1) is 0 Å². The number of benzene rings is 2. The van der Waals surface area contributed by atoms with Crippen molar-refractivity contribution < 1.29 is 4.79 Å². The number of carbonyl (C=O) groups is 1. The highest BCUT2D eigenvalue weighted by Crippen LogP contribution is 2.21. The zero-order valence-electron chi connectivity index (χ0n) is 16.3. The first kappa shape index (κ1) is 20.2. The lowest BCUT2D eigenvalue weighted by Crippen LogP contribution is -2.15. The number of hydrogen-bond donors (Lipinski definition) is 2. The second-order valence-electron chi connectivity index (χ2n) is 6.80. The third-order valence-electron chi connectivity index (χ3n) is 4.46. The van der Waals surface area contributed by atoms with Crippen LogP contribution in [0.25, 0.3) is 16.7 Å². The number of amides is 1. The van der Waals surface area contributed by atoms with Crippen LogP contribution in [-0.4, -0.2) is 31.4 Å². The molecule has 2 aromatic heterocycles. The van der Waals surface area contributed by atoms with E-state index in [1.54, 1.807) is 16.8 Å². The highest BCUT2D eigenvalue weighted by atomic mass is 35.5. The summed E-state index contributed by atoms with van der Waals surface area (Å²) >= 11 is 7.23. The van der Waals surface area contributed by atoms with Crippen molar-refractivity contribution in [2.75, 3.05) is 11.1 Å². The Hall–Kier alpha value is -3.10. The lowest BCUT2D eigenvalue weighted by Gasteiger charge is -2.07. The van der Waals surface area contributed by atoms with Gasteiger partial charge in [0.1, 0.15) is 5.39 Å². The maximum Gasteiger partial charge on any atom is 0.262 e. The van der Waals surface area contributed by atoms with Gasteiger partial charge in [0.2, 0.25) is 5.91 Å². The molecule has 0 aliphatic heterocycles. The molecule has 0 spiro atoms. The molecule has 0 aliphatic carbocycles. The Morgan fingerprint density at radius 3 is 2.83 bits per heavy atom. The number of H-pyrrole nitrogens is 1. The molecule has 0 radical (unpaired) electrons. The maximum atomic E-state index is 12.4. The van der Waals surface area contributed by atoms with E-state index >= 15 is 0 Å². The van der Waals surface area contributed by atoms with Crippen molar-refractivity contribution in [3.05, 3.63) is 75.2 Å². The average Bonchev–Trinajstić information content (AvgIpc) is 3.14. The van der Waals surface area contributed by atoms with E-state index in [1.165, 1.54) is 6.20 Å². The SMILES string of the molecule is Cc1cccc(-n2ncc3c(=O)[nH]c(SCC(=O)Nc4ccc(C)c(Cl)c4)nc32)c1. The van der Waals surface area contributed by atoms with Crippen molar-refractivity contribution in [3.8, 4) is 5.69 Å². The minimum absolute atomic E-state index is 0.0819. The minimum Gasteiger partial charge on any atom is -0.325 e. The van der Waals surface area contributed by atoms with E-state index in [0.717, 1.165) is 28.6 Å². The van der Waals surface area contributed by atoms with Gasteiger partial charge in [0.25, 0.3) is 5.56 Å². The van der Waals surface area contributed by atoms with Gasteiger partial charge in [0.05, 0.1) is 17.6 Å². The summed E-state index contributed by atoms with van der Waals surface area (Å²) < 4.78 is 1.62. The number of fused-ring (bicyclic) bond motifs is 1. The standard InChI is InChI=1S/C21H18ClN5O2S/c1-12-4-3-5-15(8-12)27-19-16(10-23-27)20(29)26-21(25-19)30-11-18(28)24-14-7-6-13(2)17(22)9-14/h3-10H,11H2,1-2H3,(H,24,28)(H,25,26,29). The monoisotopic (exact) mass is 439 g/mol. The number of aryl methyl sites for hydroxylation is 2. The predicted molar refractivity (Wildman–Crippen MR) is 120 cm³/mol. The van der Waals surface area contributed by atoms with Crippen LogP contribution in [0.2, 0.25) is 5.02 Å². The van der Waals surface area contributed by atoms with E-state index in [2.05, 4.69) is 20.4 Å². The van der Waals surface area contributed by atoms with Gasteiger partial charge >= 0.3 is 0 Å². The van der Waals surface area contributed by atoms with Crippen molar-refractivity contribution in [1.29, 1.82) is 0 Å². The Labute approximate surface area is 181 Å². The summed E-state index contributed by atoms with van der Waals surface area (Å²) in [6.45, 7) is 3.87. The van der Waals surface area contributed by atoms with Gasteiger partial charge in [0, 0.05) is 10.7 Å². The fourth-order valence-electron chi connectivity index (χ4n) is 2.92. The van der Waals surface area contributed by atoms with Gasteiger partial charge < -0.3 is 10.3 Å². The molecule has 4 aromatic rings. The van der Waals surface area contributed by atoms with E-state index in [9.17, 15) is 9.59 Å². The Bertz CT molecular complexity index is 1310. The summed E-state index contributed by atoms with van der Waals surface area (Å²) in [6, 6.07) is 13.1. The summed E-state index contributed by atoms with van der Waals surface area (Å²) in [6.07, 6.45) is 1.49. The van der Waals surface area contributed by atoms with Gasteiger partial charge in [-0.25, -0.2) is 9.67 Å². The summed E-state index contributed by atoms with van der Waals surface area (Å²) in [5.74, 6) is -0.145. The smallest absolute Gasteiger partial charge is 0.262 e. The number of halogens is 1. The molecule has 4 rings (SSSR count). The number of nitrogens with one attached hydrogen (secondary N) is 2. The molecule has 0 aliphatic rings. The summed E-state index contributed by atoms with van der Waals surface area (Å²) in [5, 5.41) is 8.42. The van der Waals surface area contributed by atoms with Gasteiger partial charge in [0.15, 0.2) is 10.8 Å². The van der Waals surface area contributed by atoms with Crippen LogP contribution in [0, 0.1) is 13.8 Å². The Kier molecular flexibility index (Phi) is 5.61. The molecule has 0 atom stereocenters. The number of aromatic nitrogens is 4. The number of aromatic amines is 1. The number of nitrogens with zero attached hydrogens (tertiary/aromatic N) is 3.